The summed E-state index contributed by atoms with van der Waals surface area (Å²) in [4.78, 5) is 14.3. The molecule has 1 atom stereocenters. The van der Waals surface area contributed by atoms with Crippen molar-refractivity contribution in [3.8, 4) is 0 Å². The van der Waals surface area contributed by atoms with E-state index in [-0.39, 0.29) is 5.91 Å². The van der Waals surface area contributed by atoms with E-state index in [0.29, 0.717) is 12.5 Å². The van der Waals surface area contributed by atoms with Crippen LogP contribution in [0.15, 0.2) is 30.3 Å². The summed E-state index contributed by atoms with van der Waals surface area (Å²) in [5, 5.41) is 6.51. The van der Waals surface area contributed by atoms with Crippen molar-refractivity contribution >= 4 is 11.6 Å². The van der Waals surface area contributed by atoms with Gasteiger partial charge in [-0.25, -0.2) is 0 Å². The van der Waals surface area contributed by atoms with Gasteiger partial charge < -0.3 is 15.5 Å². The lowest BCUT2D eigenvalue weighted by Crippen LogP contribution is -2.44. The fraction of sp³-hybridized carbons (Fsp3) is 0.588. The first kappa shape index (κ1) is 16.0. The third kappa shape index (κ3) is 5.86. The molecule has 2 N–H and O–H groups in total. The van der Waals surface area contributed by atoms with Crippen molar-refractivity contribution in [2.75, 3.05) is 31.5 Å². The molecule has 1 heterocycles. The minimum absolute atomic E-state index is 0.0938. The monoisotopic (exact) mass is 289 g/mol. The molecule has 1 amide bonds. The lowest BCUT2D eigenvalue weighted by Gasteiger charge is -2.29. The van der Waals surface area contributed by atoms with Crippen molar-refractivity contribution in [3.63, 3.8) is 0 Å². The highest BCUT2D eigenvalue weighted by Crippen LogP contribution is 2.09. The Hall–Kier alpha value is -1.39. The Balaban J connectivity index is 1.70. The van der Waals surface area contributed by atoms with E-state index >= 15 is 0 Å². The maximum atomic E-state index is 12.0. The zero-order valence-electron chi connectivity index (χ0n) is 13.0. The van der Waals surface area contributed by atoms with Crippen LogP contribution < -0.4 is 10.6 Å². The third-order valence-electron chi connectivity index (χ3n) is 4.05. The smallest absolute Gasteiger partial charge is 0.225 e. The molecule has 0 aromatic heterocycles. The average Bonchev–Trinajstić information content (AvgIpc) is 2.53. The van der Waals surface area contributed by atoms with Crippen molar-refractivity contribution in [1.29, 1.82) is 0 Å². The molecule has 0 radical (unpaired) electrons. The first-order valence-corrected chi connectivity index (χ1v) is 8.08. The summed E-state index contributed by atoms with van der Waals surface area (Å²) in [6.07, 6.45) is 4.42. The molecule has 1 fully saturated rings. The highest BCUT2D eigenvalue weighted by Gasteiger charge is 2.16. The Morgan fingerprint density at radius 3 is 2.81 bits per heavy atom. The normalized spacial score (nSPS) is 18.7. The van der Waals surface area contributed by atoms with Crippen molar-refractivity contribution in [2.45, 2.75) is 38.6 Å². The van der Waals surface area contributed by atoms with Gasteiger partial charge in [-0.2, -0.15) is 0 Å². The Kier molecular flexibility index (Phi) is 6.70. The number of anilines is 1. The van der Waals surface area contributed by atoms with Gasteiger partial charge in [0.15, 0.2) is 0 Å². The Morgan fingerprint density at radius 1 is 1.33 bits per heavy atom. The molecule has 1 aromatic rings. The molecule has 4 heteroatoms. The summed E-state index contributed by atoms with van der Waals surface area (Å²) in [6.45, 7) is 6.17. The Bertz CT molecular complexity index is 415. The number of rotatable bonds is 7. The number of nitrogens with zero attached hydrogens (tertiary/aromatic N) is 1. The molecule has 1 aliphatic rings. The third-order valence-corrected chi connectivity index (χ3v) is 4.05. The highest BCUT2D eigenvalue weighted by atomic mass is 16.1. The van der Waals surface area contributed by atoms with Gasteiger partial charge in [0.2, 0.25) is 5.91 Å². The van der Waals surface area contributed by atoms with Crippen LogP contribution in [0.1, 0.15) is 32.6 Å². The molecule has 0 spiro atoms. The van der Waals surface area contributed by atoms with Crippen LogP contribution >= 0.6 is 0 Å². The number of amides is 1. The average molecular weight is 289 g/mol. The summed E-state index contributed by atoms with van der Waals surface area (Å²) in [7, 11) is 0. The largest absolute Gasteiger partial charge is 0.326 e. The van der Waals surface area contributed by atoms with E-state index in [4.69, 9.17) is 0 Å². The van der Waals surface area contributed by atoms with E-state index in [1.165, 1.54) is 19.3 Å². The molecule has 1 aliphatic heterocycles. The number of nitrogens with one attached hydrogen (secondary N) is 2. The molecule has 1 aromatic carbocycles. The number of carbonyl (C=O) groups is 1. The standard InChI is InChI=1S/C17H27N3O/c1-2-20(14-16-10-6-7-12-18-16)13-11-17(21)19-15-8-4-3-5-9-15/h3-5,8-9,16,18H,2,6-7,10-14H2,1H3,(H,19,21). The van der Waals surface area contributed by atoms with E-state index in [0.717, 1.165) is 31.9 Å². The van der Waals surface area contributed by atoms with Crippen LogP contribution in [0, 0.1) is 0 Å². The van der Waals surface area contributed by atoms with E-state index in [9.17, 15) is 4.79 Å². The molecule has 0 bridgehead atoms. The van der Waals surface area contributed by atoms with Gasteiger partial charge in [-0.05, 0) is 38.1 Å². The summed E-state index contributed by atoms with van der Waals surface area (Å²) < 4.78 is 0. The van der Waals surface area contributed by atoms with Crippen molar-refractivity contribution in [2.24, 2.45) is 0 Å². The first-order valence-electron chi connectivity index (χ1n) is 8.08. The number of hydrogen-bond donors (Lipinski definition) is 2. The summed E-state index contributed by atoms with van der Waals surface area (Å²) in [5.41, 5.74) is 0.875. The number of piperidine rings is 1. The van der Waals surface area contributed by atoms with Gasteiger partial charge in [-0.3, -0.25) is 4.79 Å². The fourth-order valence-electron chi connectivity index (χ4n) is 2.77. The molecule has 0 saturated carbocycles. The van der Waals surface area contributed by atoms with Gasteiger partial charge in [0.05, 0.1) is 0 Å². The van der Waals surface area contributed by atoms with Crippen LogP contribution in [-0.4, -0.2) is 43.0 Å². The molecule has 4 nitrogen and oxygen atoms in total. The maximum absolute atomic E-state index is 12.0. The second-order valence-corrected chi connectivity index (χ2v) is 5.70. The minimum atomic E-state index is 0.0938. The topological polar surface area (TPSA) is 44.4 Å². The zero-order valence-corrected chi connectivity index (χ0v) is 13.0. The molecule has 116 valence electrons. The minimum Gasteiger partial charge on any atom is -0.326 e. The second-order valence-electron chi connectivity index (χ2n) is 5.70. The van der Waals surface area contributed by atoms with E-state index in [1.807, 2.05) is 30.3 Å². The summed E-state index contributed by atoms with van der Waals surface area (Å²) in [5.74, 6) is 0.0938. The molecule has 21 heavy (non-hydrogen) atoms. The fourth-order valence-corrected chi connectivity index (χ4v) is 2.77. The number of carbonyl (C=O) groups excluding carboxylic acids is 1. The van der Waals surface area contributed by atoms with Crippen LogP contribution in [0.3, 0.4) is 0 Å². The predicted octanol–water partition coefficient (Wildman–Crippen LogP) is 2.48. The predicted molar refractivity (Wildman–Crippen MR) is 87.4 cm³/mol. The van der Waals surface area contributed by atoms with Crippen molar-refractivity contribution in [3.05, 3.63) is 30.3 Å². The van der Waals surface area contributed by atoms with E-state index in [2.05, 4.69) is 22.5 Å². The van der Waals surface area contributed by atoms with Crippen molar-refractivity contribution < 1.29 is 4.79 Å². The van der Waals surface area contributed by atoms with Crippen LogP contribution in [0.2, 0.25) is 0 Å². The summed E-state index contributed by atoms with van der Waals surface area (Å²) in [6, 6.07) is 10.2. The van der Waals surface area contributed by atoms with E-state index in [1.54, 1.807) is 0 Å². The number of likely N-dealkylation sites (N-methyl/N-ethyl adjacent to an activating group) is 1. The summed E-state index contributed by atoms with van der Waals surface area (Å²) >= 11 is 0. The van der Waals surface area contributed by atoms with Crippen LogP contribution in [-0.2, 0) is 4.79 Å². The van der Waals surface area contributed by atoms with Gasteiger partial charge in [0.1, 0.15) is 0 Å². The molecular weight excluding hydrogens is 262 g/mol. The molecule has 0 aliphatic carbocycles. The number of para-hydroxylation sites is 1. The maximum Gasteiger partial charge on any atom is 0.225 e. The van der Waals surface area contributed by atoms with Gasteiger partial charge in [0.25, 0.3) is 0 Å². The molecule has 2 rings (SSSR count). The Labute approximate surface area is 127 Å². The van der Waals surface area contributed by atoms with Crippen LogP contribution in [0.5, 0.6) is 0 Å². The molecular formula is C17H27N3O. The molecule has 1 unspecified atom stereocenters. The van der Waals surface area contributed by atoms with Gasteiger partial charge >= 0.3 is 0 Å². The number of benzene rings is 1. The highest BCUT2D eigenvalue weighted by molar-refractivity contribution is 5.90. The van der Waals surface area contributed by atoms with Gasteiger partial charge in [-0.1, -0.05) is 31.5 Å². The first-order chi connectivity index (χ1) is 10.3. The van der Waals surface area contributed by atoms with Crippen molar-refractivity contribution in [1.82, 2.24) is 10.2 Å². The van der Waals surface area contributed by atoms with E-state index < -0.39 is 0 Å². The van der Waals surface area contributed by atoms with Crippen LogP contribution in [0.25, 0.3) is 0 Å². The van der Waals surface area contributed by atoms with Crippen LogP contribution in [0.4, 0.5) is 5.69 Å². The van der Waals surface area contributed by atoms with Gasteiger partial charge in [0, 0.05) is 31.2 Å². The Morgan fingerprint density at radius 2 is 2.14 bits per heavy atom. The number of hydrogen-bond acceptors (Lipinski definition) is 3. The lowest BCUT2D eigenvalue weighted by atomic mass is 10.0. The SMILES string of the molecule is CCN(CCC(=O)Nc1ccccc1)CC1CCCCN1. The van der Waals surface area contributed by atoms with Gasteiger partial charge in [-0.15, -0.1) is 0 Å². The zero-order chi connectivity index (χ0) is 14.9. The lowest BCUT2D eigenvalue weighted by molar-refractivity contribution is -0.116. The quantitative estimate of drug-likeness (QED) is 0.810. The second kappa shape index (κ2) is 8.80. The molecule has 1 saturated heterocycles.